The van der Waals surface area contributed by atoms with Gasteiger partial charge in [0.1, 0.15) is 11.3 Å². The number of anilines is 1. The van der Waals surface area contributed by atoms with Gasteiger partial charge in [0, 0.05) is 24.7 Å². The van der Waals surface area contributed by atoms with Crippen molar-refractivity contribution >= 4 is 23.4 Å². The number of hydrogen-bond donors (Lipinski definition) is 3. The van der Waals surface area contributed by atoms with Gasteiger partial charge in [-0.3, -0.25) is 14.9 Å². The molecule has 0 radical (unpaired) electrons. The van der Waals surface area contributed by atoms with Crippen LogP contribution < -0.4 is 16.4 Å². The van der Waals surface area contributed by atoms with Crippen LogP contribution in [0.25, 0.3) is 0 Å². The highest BCUT2D eigenvalue weighted by Crippen LogP contribution is 2.25. The molecule has 0 atom stereocenters. The van der Waals surface area contributed by atoms with Crippen LogP contribution in [0.15, 0.2) is 18.2 Å². The van der Waals surface area contributed by atoms with Gasteiger partial charge >= 0.3 is 6.09 Å². The molecule has 0 aliphatic heterocycles. The second kappa shape index (κ2) is 7.43. The topological polar surface area (TPSA) is 137 Å². The summed E-state index contributed by atoms with van der Waals surface area (Å²) in [6, 6.07) is 3.89. The zero-order valence-corrected chi connectivity index (χ0v) is 13.2. The maximum Gasteiger partial charge on any atom is 0.407 e. The number of alkyl carbamates (subject to hydrolysis) is 1. The smallest absolute Gasteiger partial charge is 0.407 e. The van der Waals surface area contributed by atoms with Crippen molar-refractivity contribution in [3.05, 3.63) is 33.9 Å². The number of nitrogens with one attached hydrogen (secondary N) is 2. The normalized spacial score (nSPS) is 10.7. The fraction of sp³-hybridized carbons (Fsp3) is 0.429. The van der Waals surface area contributed by atoms with E-state index in [1.807, 2.05) is 0 Å². The number of nitrogens with two attached hydrogens (primary N) is 1. The molecule has 4 N–H and O–H groups in total. The number of nitrogens with zero attached hydrogens (tertiary/aromatic N) is 1. The molecule has 1 rings (SSSR count). The van der Waals surface area contributed by atoms with Gasteiger partial charge in [0.2, 0.25) is 5.91 Å². The first-order valence-electron chi connectivity index (χ1n) is 6.89. The summed E-state index contributed by atoms with van der Waals surface area (Å²) < 4.78 is 5.06. The lowest BCUT2D eigenvalue weighted by atomic mass is 10.1. The van der Waals surface area contributed by atoms with Gasteiger partial charge in [-0.1, -0.05) is 0 Å². The van der Waals surface area contributed by atoms with Crippen LogP contribution in [0.5, 0.6) is 0 Å². The Morgan fingerprint density at radius 3 is 2.48 bits per heavy atom. The number of primary amides is 1. The summed E-state index contributed by atoms with van der Waals surface area (Å²) in [4.78, 5) is 32.9. The lowest BCUT2D eigenvalue weighted by molar-refractivity contribution is -0.384. The summed E-state index contributed by atoms with van der Waals surface area (Å²) in [5, 5.41) is 16.4. The molecule has 0 heterocycles. The van der Waals surface area contributed by atoms with Crippen molar-refractivity contribution in [3.8, 4) is 0 Å². The van der Waals surface area contributed by atoms with E-state index in [-0.39, 0.29) is 30.0 Å². The highest BCUT2D eigenvalue weighted by Gasteiger charge is 2.17. The summed E-state index contributed by atoms with van der Waals surface area (Å²) in [6.45, 7) is 5.69. The molecule has 0 bridgehead atoms. The minimum atomic E-state index is -0.744. The van der Waals surface area contributed by atoms with Gasteiger partial charge in [-0.05, 0) is 32.9 Å². The van der Waals surface area contributed by atoms with E-state index in [9.17, 15) is 19.7 Å². The Labute approximate surface area is 133 Å². The van der Waals surface area contributed by atoms with E-state index in [2.05, 4.69) is 10.6 Å². The third kappa shape index (κ3) is 6.20. The summed E-state index contributed by atoms with van der Waals surface area (Å²) in [7, 11) is 0. The van der Waals surface area contributed by atoms with Crippen LogP contribution >= 0.6 is 0 Å². The van der Waals surface area contributed by atoms with Crippen LogP contribution in [0.4, 0.5) is 16.2 Å². The van der Waals surface area contributed by atoms with E-state index >= 15 is 0 Å². The molecule has 0 aromatic heterocycles. The molecule has 23 heavy (non-hydrogen) atoms. The van der Waals surface area contributed by atoms with Crippen molar-refractivity contribution < 1.29 is 19.2 Å². The maximum absolute atomic E-state index is 11.4. The van der Waals surface area contributed by atoms with Crippen LogP contribution in [0, 0.1) is 10.1 Å². The first-order valence-corrected chi connectivity index (χ1v) is 6.89. The van der Waals surface area contributed by atoms with Crippen LogP contribution in [-0.2, 0) is 4.74 Å². The number of nitro groups is 1. The van der Waals surface area contributed by atoms with E-state index in [1.54, 1.807) is 20.8 Å². The second-order valence-corrected chi connectivity index (χ2v) is 5.71. The zero-order valence-electron chi connectivity index (χ0n) is 13.2. The van der Waals surface area contributed by atoms with Gasteiger partial charge in [0.05, 0.1) is 4.92 Å². The number of rotatable bonds is 6. The summed E-state index contributed by atoms with van der Waals surface area (Å²) in [5.74, 6) is -0.744. The van der Waals surface area contributed by atoms with E-state index in [1.165, 1.54) is 12.1 Å². The molecule has 0 aliphatic carbocycles. The van der Waals surface area contributed by atoms with Crippen molar-refractivity contribution in [1.29, 1.82) is 0 Å². The van der Waals surface area contributed by atoms with Crippen LogP contribution in [0.1, 0.15) is 31.1 Å². The van der Waals surface area contributed by atoms with E-state index in [0.29, 0.717) is 0 Å². The molecular formula is C14H20N4O5. The van der Waals surface area contributed by atoms with Crippen LogP contribution in [0.3, 0.4) is 0 Å². The van der Waals surface area contributed by atoms with Crippen molar-refractivity contribution in [2.24, 2.45) is 5.73 Å². The highest BCUT2D eigenvalue weighted by molar-refractivity contribution is 5.94. The van der Waals surface area contributed by atoms with E-state index in [0.717, 1.165) is 6.07 Å². The van der Waals surface area contributed by atoms with Crippen molar-refractivity contribution in [3.63, 3.8) is 0 Å². The first-order chi connectivity index (χ1) is 10.6. The Hall–Kier alpha value is -2.84. The molecule has 9 heteroatoms. The SMILES string of the molecule is CC(C)(C)OC(=O)NCCNc1ccc(C(N)=O)cc1[N+](=O)[O-]. The monoisotopic (exact) mass is 324 g/mol. The number of ether oxygens (including phenoxy) is 1. The molecule has 0 spiro atoms. The molecule has 2 amide bonds. The molecule has 0 fully saturated rings. The minimum Gasteiger partial charge on any atom is -0.444 e. The molecule has 0 unspecified atom stereocenters. The number of nitro benzene ring substituents is 1. The first kappa shape index (κ1) is 18.2. The van der Waals surface area contributed by atoms with Gasteiger partial charge in [0.15, 0.2) is 0 Å². The van der Waals surface area contributed by atoms with Gasteiger partial charge in [-0.25, -0.2) is 4.79 Å². The molecule has 1 aromatic rings. The van der Waals surface area contributed by atoms with Crippen LogP contribution in [-0.4, -0.2) is 35.6 Å². The Morgan fingerprint density at radius 2 is 1.96 bits per heavy atom. The minimum absolute atomic E-state index is 0.0501. The lowest BCUT2D eigenvalue weighted by Crippen LogP contribution is -2.35. The number of carbonyl (C=O) groups is 2. The van der Waals surface area contributed by atoms with Gasteiger partial charge in [0.25, 0.3) is 5.69 Å². The Bertz CT molecular complexity index is 610. The zero-order chi connectivity index (χ0) is 17.6. The maximum atomic E-state index is 11.4. The fourth-order valence-electron chi connectivity index (χ4n) is 1.66. The predicted octanol–water partition coefficient (Wildman–Crippen LogP) is 1.63. The number of carbonyl (C=O) groups excluding carboxylic acids is 2. The third-order valence-corrected chi connectivity index (χ3v) is 2.59. The number of hydrogen-bond acceptors (Lipinski definition) is 6. The average molecular weight is 324 g/mol. The third-order valence-electron chi connectivity index (χ3n) is 2.59. The average Bonchev–Trinajstić information content (AvgIpc) is 2.41. The van der Waals surface area contributed by atoms with Crippen LogP contribution in [0.2, 0.25) is 0 Å². The van der Waals surface area contributed by atoms with Crippen molar-refractivity contribution in [1.82, 2.24) is 5.32 Å². The Kier molecular flexibility index (Phi) is 5.88. The van der Waals surface area contributed by atoms with E-state index in [4.69, 9.17) is 10.5 Å². The standard InChI is InChI=1S/C14H20N4O5/c1-14(2,3)23-13(20)17-7-6-16-10-5-4-9(12(15)19)8-11(10)18(21)22/h4-5,8,16H,6-7H2,1-3H3,(H2,15,19)(H,17,20). The Balaban J connectivity index is 2.60. The highest BCUT2D eigenvalue weighted by atomic mass is 16.6. The molecule has 0 saturated carbocycles. The van der Waals surface area contributed by atoms with Crippen molar-refractivity contribution in [2.75, 3.05) is 18.4 Å². The quantitative estimate of drug-likeness (QED) is 0.413. The Morgan fingerprint density at radius 1 is 1.30 bits per heavy atom. The summed E-state index contributed by atoms with van der Waals surface area (Å²) >= 11 is 0. The fourth-order valence-corrected chi connectivity index (χ4v) is 1.66. The molecule has 126 valence electrons. The van der Waals surface area contributed by atoms with Gasteiger partial charge in [-0.2, -0.15) is 0 Å². The summed E-state index contributed by atoms with van der Waals surface area (Å²) in [5.41, 5.74) is 4.51. The van der Waals surface area contributed by atoms with Crippen molar-refractivity contribution in [2.45, 2.75) is 26.4 Å². The molecule has 9 nitrogen and oxygen atoms in total. The molecular weight excluding hydrogens is 304 g/mol. The number of benzene rings is 1. The summed E-state index contributed by atoms with van der Waals surface area (Å²) in [6.07, 6.45) is -0.571. The largest absolute Gasteiger partial charge is 0.444 e. The lowest BCUT2D eigenvalue weighted by Gasteiger charge is -2.19. The predicted molar refractivity (Wildman–Crippen MR) is 84.3 cm³/mol. The molecule has 0 saturated heterocycles. The molecule has 1 aromatic carbocycles. The van der Waals surface area contributed by atoms with Gasteiger partial charge in [-0.15, -0.1) is 0 Å². The number of amides is 2. The molecule has 0 aliphatic rings. The van der Waals surface area contributed by atoms with E-state index < -0.39 is 22.5 Å². The van der Waals surface area contributed by atoms with Gasteiger partial charge < -0.3 is 21.1 Å². The second-order valence-electron chi connectivity index (χ2n) is 5.71.